The molecule has 0 aromatic carbocycles. The van der Waals surface area contributed by atoms with Crippen LogP contribution in [0.2, 0.25) is 0 Å². The zero-order valence-corrected chi connectivity index (χ0v) is 13.6. The van der Waals surface area contributed by atoms with Crippen LogP contribution in [0.15, 0.2) is 29.8 Å². The standard InChI is InChI=1S/C14H15N3O3S2/c1-10-4-6-15-14-13(10)16-12(18)9-17(14)22(19,20)8-5-11-3-2-7-21-11/h2-4,6-7H,5,8-9H2,1H3,(H,16,18). The van der Waals surface area contributed by atoms with Crippen molar-refractivity contribution >= 4 is 38.8 Å². The van der Waals surface area contributed by atoms with Crippen molar-refractivity contribution in [3.05, 3.63) is 40.2 Å². The number of fused-ring (bicyclic) bond motifs is 1. The van der Waals surface area contributed by atoms with Crippen LogP contribution in [0.25, 0.3) is 0 Å². The van der Waals surface area contributed by atoms with E-state index in [9.17, 15) is 13.2 Å². The van der Waals surface area contributed by atoms with Crippen molar-refractivity contribution in [1.29, 1.82) is 0 Å². The summed E-state index contributed by atoms with van der Waals surface area (Å²) in [5.74, 6) is -0.0929. The molecule has 1 amide bonds. The van der Waals surface area contributed by atoms with Gasteiger partial charge in [-0.15, -0.1) is 11.3 Å². The monoisotopic (exact) mass is 337 g/mol. The second-order valence-electron chi connectivity index (χ2n) is 5.03. The predicted octanol–water partition coefficient (Wildman–Crippen LogP) is 1.78. The van der Waals surface area contributed by atoms with Gasteiger partial charge in [0.15, 0.2) is 5.82 Å². The quantitative estimate of drug-likeness (QED) is 0.922. The number of sulfonamides is 1. The number of aryl methyl sites for hydroxylation is 2. The first-order valence-electron chi connectivity index (χ1n) is 6.75. The Labute approximate surface area is 132 Å². The summed E-state index contributed by atoms with van der Waals surface area (Å²) in [6, 6.07) is 5.53. The largest absolute Gasteiger partial charge is 0.321 e. The summed E-state index contributed by atoms with van der Waals surface area (Å²) in [6.07, 6.45) is 1.98. The summed E-state index contributed by atoms with van der Waals surface area (Å²) >= 11 is 1.52. The van der Waals surface area contributed by atoms with Crippen LogP contribution in [0.1, 0.15) is 10.4 Å². The van der Waals surface area contributed by atoms with Gasteiger partial charge in [0.1, 0.15) is 6.54 Å². The molecular weight excluding hydrogens is 322 g/mol. The number of carbonyl (C=O) groups is 1. The SMILES string of the molecule is Cc1ccnc2c1NC(=O)CN2S(=O)(=O)CCc1cccs1. The van der Waals surface area contributed by atoms with Crippen LogP contribution in [0.5, 0.6) is 0 Å². The number of hydrogen-bond donors (Lipinski definition) is 1. The molecule has 3 rings (SSSR count). The van der Waals surface area contributed by atoms with E-state index >= 15 is 0 Å². The third kappa shape index (κ3) is 2.84. The molecule has 0 fully saturated rings. The van der Waals surface area contributed by atoms with Gasteiger partial charge in [-0.2, -0.15) is 0 Å². The molecule has 0 unspecified atom stereocenters. The normalized spacial score (nSPS) is 14.6. The molecular formula is C14H15N3O3S2. The van der Waals surface area contributed by atoms with Gasteiger partial charge in [-0.3, -0.25) is 4.79 Å². The highest BCUT2D eigenvalue weighted by atomic mass is 32.2. The maximum atomic E-state index is 12.6. The molecule has 8 heteroatoms. The Kier molecular flexibility index (Phi) is 3.88. The van der Waals surface area contributed by atoms with Crippen LogP contribution >= 0.6 is 11.3 Å². The Bertz CT molecular complexity index is 801. The van der Waals surface area contributed by atoms with Gasteiger partial charge in [-0.25, -0.2) is 17.7 Å². The molecule has 2 aromatic heterocycles. The Morgan fingerprint density at radius 3 is 2.95 bits per heavy atom. The van der Waals surface area contributed by atoms with Gasteiger partial charge in [0.25, 0.3) is 0 Å². The molecule has 116 valence electrons. The van der Waals surface area contributed by atoms with Gasteiger partial charge in [0, 0.05) is 11.1 Å². The minimum atomic E-state index is -3.61. The Morgan fingerprint density at radius 1 is 1.41 bits per heavy atom. The van der Waals surface area contributed by atoms with E-state index in [0.29, 0.717) is 17.9 Å². The van der Waals surface area contributed by atoms with Gasteiger partial charge in [-0.05, 0) is 36.4 Å². The first-order valence-corrected chi connectivity index (χ1v) is 9.24. The number of thiophene rings is 1. The Morgan fingerprint density at radius 2 is 2.23 bits per heavy atom. The van der Waals surface area contributed by atoms with Gasteiger partial charge in [-0.1, -0.05) is 6.07 Å². The fourth-order valence-corrected chi connectivity index (χ4v) is 4.55. The number of nitrogens with zero attached hydrogens (tertiary/aromatic N) is 2. The maximum absolute atomic E-state index is 12.6. The molecule has 0 atom stereocenters. The van der Waals surface area contributed by atoms with E-state index in [2.05, 4.69) is 10.3 Å². The van der Waals surface area contributed by atoms with E-state index in [1.807, 2.05) is 24.4 Å². The number of rotatable bonds is 4. The van der Waals surface area contributed by atoms with Crippen LogP contribution in [-0.4, -0.2) is 31.6 Å². The third-order valence-electron chi connectivity index (χ3n) is 3.45. The van der Waals surface area contributed by atoms with Crippen LogP contribution in [0.4, 0.5) is 11.5 Å². The number of carbonyl (C=O) groups excluding carboxylic acids is 1. The summed E-state index contributed by atoms with van der Waals surface area (Å²) < 4.78 is 26.3. The maximum Gasteiger partial charge on any atom is 0.245 e. The van der Waals surface area contributed by atoms with E-state index in [1.54, 1.807) is 12.3 Å². The molecule has 1 N–H and O–H groups in total. The summed E-state index contributed by atoms with van der Waals surface area (Å²) in [6.45, 7) is 1.58. The Balaban J connectivity index is 1.91. The molecule has 0 saturated carbocycles. The van der Waals surface area contributed by atoms with Crippen molar-refractivity contribution in [3.63, 3.8) is 0 Å². The van der Waals surface area contributed by atoms with Crippen molar-refractivity contribution in [2.24, 2.45) is 0 Å². The number of nitrogens with one attached hydrogen (secondary N) is 1. The lowest BCUT2D eigenvalue weighted by atomic mass is 10.2. The molecule has 0 radical (unpaired) electrons. The molecule has 2 aromatic rings. The molecule has 0 saturated heterocycles. The van der Waals surface area contributed by atoms with E-state index < -0.39 is 10.0 Å². The second kappa shape index (κ2) is 5.69. The van der Waals surface area contributed by atoms with Crippen molar-refractivity contribution in [2.45, 2.75) is 13.3 Å². The van der Waals surface area contributed by atoms with Crippen LogP contribution in [0.3, 0.4) is 0 Å². The van der Waals surface area contributed by atoms with Crippen molar-refractivity contribution in [2.75, 3.05) is 21.9 Å². The summed E-state index contributed by atoms with van der Waals surface area (Å²) in [7, 11) is -3.61. The second-order valence-corrected chi connectivity index (χ2v) is 8.07. The average molecular weight is 337 g/mol. The van der Waals surface area contributed by atoms with E-state index in [-0.39, 0.29) is 18.2 Å². The molecule has 1 aliphatic rings. The molecule has 3 heterocycles. The van der Waals surface area contributed by atoms with Gasteiger partial charge in [0.05, 0.1) is 11.4 Å². The lowest BCUT2D eigenvalue weighted by Crippen LogP contribution is -2.44. The van der Waals surface area contributed by atoms with Gasteiger partial charge < -0.3 is 5.32 Å². The minimum absolute atomic E-state index is 0.0458. The fourth-order valence-electron chi connectivity index (χ4n) is 2.30. The fraction of sp³-hybridized carbons (Fsp3) is 0.286. The zero-order chi connectivity index (χ0) is 15.7. The van der Waals surface area contributed by atoms with Crippen LogP contribution in [0, 0.1) is 6.92 Å². The lowest BCUT2D eigenvalue weighted by molar-refractivity contribution is -0.115. The number of anilines is 2. The lowest BCUT2D eigenvalue weighted by Gasteiger charge is -2.29. The van der Waals surface area contributed by atoms with Crippen LogP contribution < -0.4 is 9.62 Å². The molecule has 22 heavy (non-hydrogen) atoms. The number of hydrogen-bond acceptors (Lipinski definition) is 5. The van der Waals surface area contributed by atoms with Crippen molar-refractivity contribution in [1.82, 2.24) is 4.98 Å². The van der Waals surface area contributed by atoms with Crippen LogP contribution in [-0.2, 0) is 21.2 Å². The molecule has 1 aliphatic heterocycles. The highest BCUT2D eigenvalue weighted by Gasteiger charge is 2.32. The zero-order valence-electron chi connectivity index (χ0n) is 11.9. The smallest absolute Gasteiger partial charge is 0.245 e. The molecule has 0 aliphatic carbocycles. The van der Waals surface area contributed by atoms with E-state index in [0.717, 1.165) is 14.7 Å². The molecule has 0 spiro atoms. The molecule has 0 bridgehead atoms. The summed E-state index contributed by atoms with van der Waals surface area (Å²) in [5, 5.41) is 4.61. The highest BCUT2D eigenvalue weighted by Crippen LogP contribution is 2.32. The minimum Gasteiger partial charge on any atom is -0.321 e. The highest BCUT2D eigenvalue weighted by molar-refractivity contribution is 7.92. The first-order chi connectivity index (χ1) is 10.5. The first kappa shape index (κ1) is 15.0. The van der Waals surface area contributed by atoms with E-state index in [4.69, 9.17) is 0 Å². The topological polar surface area (TPSA) is 79.4 Å². The molecule has 6 nitrogen and oxygen atoms in total. The average Bonchev–Trinajstić information content (AvgIpc) is 2.99. The Hall–Kier alpha value is -1.93. The van der Waals surface area contributed by atoms with Crippen molar-refractivity contribution in [3.8, 4) is 0 Å². The summed E-state index contributed by atoms with van der Waals surface area (Å²) in [5.41, 5.74) is 1.26. The van der Waals surface area contributed by atoms with Gasteiger partial charge >= 0.3 is 0 Å². The predicted molar refractivity (Wildman–Crippen MR) is 86.8 cm³/mol. The third-order valence-corrected chi connectivity index (χ3v) is 6.08. The van der Waals surface area contributed by atoms with Gasteiger partial charge in [0.2, 0.25) is 15.9 Å². The summed E-state index contributed by atoms with van der Waals surface area (Å²) in [4.78, 5) is 17.0. The van der Waals surface area contributed by atoms with Crippen molar-refractivity contribution < 1.29 is 13.2 Å². The number of amides is 1. The number of pyridine rings is 1. The number of aromatic nitrogens is 1. The van der Waals surface area contributed by atoms with E-state index in [1.165, 1.54) is 11.3 Å².